The van der Waals surface area contributed by atoms with E-state index in [1.807, 2.05) is 260 Å². The molecule has 0 aromatic heterocycles. The van der Waals surface area contributed by atoms with Gasteiger partial charge < -0.3 is 29.6 Å². The predicted molar refractivity (Wildman–Crippen MR) is 410 cm³/mol. The van der Waals surface area contributed by atoms with Crippen LogP contribution in [0.4, 0.5) is 0 Å². The Kier molecular flexibility index (Phi) is 17.2. The van der Waals surface area contributed by atoms with Crippen LogP contribution in [0.25, 0.3) is 87.6 Å². The Hall–Kier alpha value is -12.4. The molecule has 14 heteroatoms. The van der Waals surface area contributed by atoms with Crippen LogP contribution in [-0.4, -0.2) is 68.4 Å². The Balaban J connectivity index is 1.10. The minimum atomic E-state index is -1.31. The first-order valence-electron chi connectivity index (χ1n) is 35.1. The number of nitrogens with zero attached hydrogens (tertiary/aromatic N) is 2. The molecule has 13 aromatic carbocycles. The van der Waals surface area contributed by atoms with Crippen molar-refractivity contribution in [1.82, 2.24) is 20.4 Å². The molecule has 0 saturated heterocycles. The van der Waals surface area contributed by atoms with E-state index in [1.165, 1.54) is 0 Å². The summed E-state index contributed by atoms with van der Waals surface area (Å²) in [5.74, 6) is -3.46. The highest BCUT2D eigenvalue weighted by atomic mass is 16.5. The van der Waals surface area contributed by atoms with Gasteiger partial charge in [0.1, 0.15) is 58.1 Å². The van der Waals surface area contributed by atoms with Gasteiger partial charge in [-0.2, -0.15) is 0 Å². The predicted octanol–water partition coefficient (Wildman–Crippen LogP) is 20.6. The van der Waals surface area contributed by atoms with E-state index in [2.05, 4.69) is 10.6 Å². The molecule has 13 aromatic rings. The summed E-state index contributed by atoms with van der Waals surface area (Å²) in [6.45, 7) is 18.2. The van der Waals surface area contributed by atoms with Gasteiger partial charge in [0.2, 0.25) is 11.8 Å². The molecule has 0 radical (unpaired) electrons. The van der Waals surface area contributed by atoms with E-state index in [0.29, 0.717) is 55.3 Å². The lowest BCUT2D eigenvalue weighted by Gasteiger charge is -2.38. The first kappa shape index (κ1) is 67.4. The number of hydrogen-bond donors (Lipinski definition) is 2. The quantitative estimate of drug-likeness (QED) is 0.0479. The van der Waals surface area contributed by atoms with Crippen LogP contribution in [0.1, 0.15) is 111 Å². The molecular formula is C90H76N4O10. The first-order valence-corrected chi connectivity index (χ1v) is 35.1. The van der Waals surface area contributed by atoms with Crippen molar-refractivity contribution < 1.29 is 47.7 Å². The highest BCUT2D eigenvalue weighted by Gasteiger charge is 2.48. The molecule has 15 rings (SSSR count). The molecule has 6 amide bonds. The topological polar surface area (TPSA) is 170 Å². The minimum absolute atomic E-state index is 0.0322. The number of rotatable bonds is 18. The second-order valence-corrected chi connectivity index (χ2v) is 29.5. The SMILES string of the molecule is CC(C)C(C(=O)NC(C)(C)C)N1C(=O)c2cc(Oc3ccc(-c4ccccc4)cc3)c3c4c(Oc5ccc(-c6ccccc6)cc5)cc5c6c(cc(Oc7ccc(-c8ccccc8)cc7)c(c7c(Oc8ccc(-c9ccccc9)cc8)cc(c2c37)C1=O)c64)C(=O)N(C(C(=O)NC(C)(C)C)C(C)C)C5=O. The molecule has 0 bridgehead atoms. The summed E-state index contributed by atoms with van der Waals surface area (Å²) in [6.07, 6.45) is 0. The van der Waals surface area contributed by atoms with Crippen LogP contribution < -0.4 is 29.6 Å². The zero-order chi connectivity index (χ0) is 72.6. The van der Waals surface area contributed by atoms with E-state index in [4.69, 9.17) is 18.9 Å². The van der Waals surface area contributed by atoms with Gasteiger partial charge in [-0.05, 0) is 171 Å². The molecular weight excluding hydrogens is 1300 g/mol. The van der Waals surface area contributed by atoms with Gasteiger partial charge in [-0.15, -0.1) is 0 Å². The monoisotopic (exact) mass is 1370 g/mol. The molecule has 2 N–H and O–H groups in total. The van der Waals surface area contributed by atoms with Gasteiger partial charge in [-0.25, -0.2) is 0 Å². The standard InChI is InChI=1S/C90H76N4O10/c1-51(2)81(83(95)91-89(5,6)7)93-85(97)65-47-69(101-61-39-31-57(32-40-61)53-23-15-11-16-24-53)75-77-71(103-63-43-35-59(36-44-63)55-27-19-13-20-28-55)49-67-74-68(88(100)94(87(67)99)82(52(3)4)84(96)92-90(8,9)10)50-72(104-64-45-37-60(38-46-64)56-29-21-14-22-30-56)78(80(74)77)76-70(48-66(86(93)98)73(65)79(75)76)102-62-41-33-58(34-42-62)54-25-17-12-18-26-54/h11-52,81-82H,1-10H3,(H,91,95)(H,92,96). The zero-order valence-electron chi connectivity index (χ0n) is 59.4. The van der Waals surface area contributed by atoms with Gasteiger partial charge in [0.15, 0.2) is 0 Å². The fourth-order valence-electron chi connectivity index (χ4n) is 14.6. The number of carbonyl (C=O) groups is 6. The molecule has 2 heterocycles. The first-order chi connectivity index (χ1) is 50.0. The molecule has 2 aliphatic heterocycles. The molecule has 2 aliphatic rings. The van der Waals surface area contributed by atoms with Crippen molar-refractivity contribution in [2.75, 3.05) is 0 Å². The maximum absolute atomic E-state index is 16.3. The molecule has 0 aliphatic carbocycles. The average molecular weight is 1370 g/mol. The summed E-state index contributed by atoms with van der Waals surface area (Å²) in [4.78, 5) is 97.3. The second kappa shape index (κ2) is 26.5. The lowest BCUT2D eigenvalue weighted by molar-refractivity contribution is -0.128. The van der Waals surface area contributed by atoms with E-state index in [-0.39, 0.29) is 56.0 Å². The van der Waals surface area contributed by atoms with E-state index in [0.717, 1.165) is 54.3 Å². The third kappa shape index (κ3) is 12.5. The van der Waals surface area contributed by atoms with Crippen molar-refractivity contribution in [3.63, 3.8) is 0 Å². The van der Waals surface area contributed by atoms with Crippen LogP contribution in [0.15, 0.2) is 243 Å². The van der Waals surface area contributed by atoms with Crippen LogP contribution in [0.3, 0.4) is 0 Å². The number of ether oxygens (including phenoxy) is 4. The van der Waals surface area contributed by atoms with Gasteiger partial charge in [-0.1, -0.05) is 198 Å². The maximum Gasteiger partial charge on any atom is 0.262 e. The summed E-state index contributed by atoms with van der Waals surface area (Å²) in [7, 11) is 0. The number of amides is 6. The Morgan fingerprint density at radius 1 is 0.288 bits per heavy atom. The van der Waals surface area contributed by atoms with Crippen LogP contribution in [-0.2, 0) is 9.59 Å². The Labute approximate surface area is 603 Å². The summed E-state index contributed by atoms with van der Waals surface area (Å²) >= 11 is 0. The zero-order valence-corrected chi connectivity index (χ0v) is 59.4. The van der Waals surface area contributed by atoms with Crippen LogP contribution in [0, 0.1) is 11.8 Å². The van der Waals surface area contributed by atoms with Crippen LogP contribution in [0.2, 0.25) is 0 Å². The van der Waals surface area contributed by atoms with Gasteiger partial charge in [-0.3, -0.25) is 38.6 Å². The third-order valence-corrected chi connectivity index (χ3v) is 19.1. The van der Waals surface area contributed by atoms with Crippen molar-refractivity contribution in [1.29, 1.82) is 0 Å². The Morgan fingerprint density at radius 2 is 0.490 bits per heavy atom. The van der Waals surface area contributed by atoms with Crippen molar-refractivity contribution in [2.24, 2.45) is 11.8 Å². The third-order valence-electron chi connectivity index (χ3n) is 19.1. The molecule has 2 atom stereocenters. The molecule has 0 spiro atoms. The van der Waals surface area contributed by atoms with E-state index >= 15 is 19.2 Å². The number of benzene rings is 13. The summed E-state index contributed by atoms with van der Waals surface area (Å²) in [5, 5.41) is 8.33. The molecule has 516 valence electrons. The highest BCUT2D eigenvalue weighted by Crippen LogP contribution is 2.58. The normalized spacial score (nSPS) is 13.7. The van der Waals surface area contributed by atoms with Gasteiger partial charge >= 0.3 is 0 Å². The molecule has 0 fully saturated rings. The van der Waals surface area contributed by atoms with E-state index in [9.17, 15) is 9.59 Å². The summed E-state index contributed by atoms with van der Waals surface area (Å²) < 4.78 is 29.5. The molecule has 14 nitrogen and oxygen atoms in total. The number of imide groups is 2. The second-order valence-electron chi connectivity index (χ2n) is 29.5. The lowest BCUT2D eigenvalue weighted by Crippen LogP contribution is -2.58. The smallest absolute Gasteiger partial charge is 0.262 e. The van der Waals surface area contributed by atoms with E-state index in [1.54, 1.807) is 52.0 Å². The number of nitrogens with one attached hydrogen (secondary N) is 2. The lowest BCUT2D eigenvalue weighted by atomic mass is 9.80. The fourth-order valence-corrected chi connectivity index (χ4v) is 14.6. The highest BCUT2D eigenvalue weighted by molar-refractivity contribution is 6.45. The van der Waals surface area contributed by atoms with Crippen LogP contribution >= 0.6 is 0 Å². The average Bonchev–Trinajstić information content (AvgIpc) is 0.670. The summed E-state index contributed by atoms with van der Waals surface area (Å²) in [5.41, 5.74) is 6.08. The van der Waals surface area contributed by atoms with Crippen molar-refractivity contribution in [2.45, 2.75) is 92.4 Å². The molecule has 104 heavy (non-hydrogen) atoms. The largest absolute Gasteiger partial charge is 0.457 e. The summed E-state index contributed by atoms with van der Waals surface area (Å²) in [6, 6.07) is 73.6. The van der Waals surface area contributed by atoms with Gasteiger partial charge in [0.05, 0.1) is 22.3 Å². The van der Waals surface area contributed by atoms with E-state index < -0.39 is 70.4 Å². The van der Waals surface area contributed by atoms with Gasteiger partial charge in [0, 0.05) is 54.2 Å². The van der Waals surface area contributed by atoms with Crippen molar-refractivity contribution in [3.8, 4) is 90.5 Å². The fraction of sp³-hybridized carbons (Fsp3) is 0.178. The number of fused-ring (bicyclic) bond motifs is 2. The van der Waals surface area contributed by atoms with Crippen LogP contribution in [0.5, 0.6) is 46.0 Å². The Morgan fingerprint density at radius 3 is 0.683 bits per heavy atom. The maximum atomic E-state index is 16.3. The van der Waals surface area contributed by atoms with Crippen molar-refractivity contribution in [3.05, 3.63) is 265 Å². The minimum Gasteiger partial charge on any atom is -0.457 e. The Bertz CT molecular complexity index is 4910. The number of carbonyl (C=O) groups excluding carboxylic acids is 6. The molecule has 0 saturated carbocycles. The number of hydrogen-bond acceptors (Lipinski definition) is 10. The van der Waals surface area contributed by atoms with Crippen molar-refractivity contribution >= 4 is 78.5 Å². The molecule has 2 unspecified atom stereocenters. The van der Waals surface area contributed by atoms with Gasteiger partial charge in [0.25, 0.3) is 23.6 Å².